The lowest BCUT2D eigenvalue weighted by molar-refractivity contribution is 0.208. The van der Waals surface area contributed by atoms with Crippen molar-refractivity contribution in [3.63, 3.8) is 0 Å². The molecule has 0 aromatic heterocycles. The van der Waals surface area contributed by atoms with Gasteiger partial charge in [0, 0.05) is 22.0 Å². The Morgan fingerprint density at radius 2 is 1.00 bits per heavy atom. The molecular weight excluding hydrogens is 316 g/mol. The molecule has 4 heteroatoms. The smallest absolute Gasteiger partial charge is 0.388 e. The molecule has 0 unspecified atom stereocenters. The van der Waals surface area contributed by atoms with Crippen LogP contribution in [0.25, 0.3) is 0 Å². The molecule has 0 aliphatic rings. The van der Waals surface area contributed by atoms with Crippen LogP contribution >= 0.6 is 0 Å². The van der Waals surface area contributed by atoms with Gasteiger partial charge in [0.05, 0.1) is 0 Å². The number of benzene rings is 2. The summed E-state index contributed by atoms with van der Waals surface area (Å²) in [7, 11) is -2.69. The molecule has 0 bridgehead atoms. The molecule has 23 heavy (non-hydrogen) atoms. The van der Waals surface area contributed by atoms with Crippen molar-refractivity contribution in [1.82, 2.24) is 0 Å². The molecule has 0 aliphatic heterocycles. The molecule has 2 rings (SSSR count). The highest BCUT2D eigenvalue weighted by molar-refractivity contribution is 6.92. The van der Waals surface area contributed by atoms with Crippen molar-refractivity contribution < 1.29 is 8.85 Å². The van der Waals surface area contributed by atoms with Crippen molar-refractivity contribution in [2.45, 2.75) is 33.5 Å². The van der Waals surface area contributed by atoms with Crippen LogP contribution in [0, 0.1) is 0 Å². The van der Waals surface area contributed by atoms with Crippen LogP contribution in [0.4, 0.5) is 0 Å². The molecule has 0 radical (unpaired) electrons. The van der Waals surface area contributed by atoms with Gasteiger partial charge in [0.2, 0.25) is 0 Å². The van der Waals surface area contributed by atoms with Crippen molar-refractivity contribution in [1.29, 1.82) is 0 Å². The molecule has 0 saturated carbocycles. The minimum Gasteiger partial charge on any atom is -0.388 e. The average molecular weight is 347 g/mol. The van der Waals surface area contributed by atoms with Crippen LogP contribution < -0.4 is 10.4 Å². The summed E-state index contributed by atoms with van der Waals surface area (Å²) in [5, 5.41) is 2.31. The normalized spacial score (nSPS) is 11.0. The summed E-state index contributed by atoms with van der Waals surface area (Å²) in [5.41, 5.74) is 0. The Morgan fingerprint density at radius 3 is 1.26 bits per heavy atom. The quantitative estimate of drug-likeness (QED) is 0.746. The fourth-order valence-electron chi connectivity index (χ4n) is 2.26. The standard InChI is InChI=1S/C16H20O2Si.C3H10Si/c1-3-17-19(18-4-2,15-11-7-5-8-12-15)16-13-9-6-10-14-16;1-4(2)3/h5-14H,3-4H2,1-2H3;4H,1-3H3. The highest BCUT2D eigenvalue weighted by Gasteiger charge is 2.41. The Kier molecular flexibility index (Phi) is 9.10. The maximum atomic E-state index is 6.16. The summed E-state index contributed by atoms with van der Waals surface area (Å²) in [6.07, 6.45) is 0. The lowest BCUT2D eigenvalue weighted by atomic mass is 10.4. The predicted octanol–water partition coefficient (Wildman–Crippen LogP) is 3.42. The molecule has 126 valence electrons. The monoisotopic (exact) mass is 346 g/mol. The first-order chi connectivity index (χ1) is 11.1. The van der Waals surface area contributed by atoms with Crippen molar-refractivity contribution in [3.05, 3.63) is 60.7 Å². The highest BCUT2D eigenvalue weighted by atomic mass is 28.4. The van der Waals surface area contributed by atoms with Gasteiger partial charge in [-0.1, -0.05) is 80.3 Å². The highest BCUT2D eigenvalue weighted by Crippen LogP contribution is 2.09. The SMILES string of the molecule is CCO[Si](OCC)(c1ccccc1)c1ccccc1.C[SiH](C)C. The van der Waals surface area contributed by atoms with E-state index in [1.807, 2.05) is 50.2 Å². The second-order valence-electron chi connectivity index (χ2n) is 5.95. The molecule has 0 amide bonds. The Hall–Kier alpha value is -1.21. The minimum atomic E-state index is -2.55. The zero-order valence-electron chi connectivity index (χ0n) is 15.1. The molecule has 2 nitrogen and oxygen atoms in total. The molecule has 0 aliphatic carbocycles. The lowest BCUT2D eigenvalue weighted by Crippen LogP contribution is -2.63. The van der Waals surface area contributed by atoms with Crippen molar-refractivity contribution in [2.75, 3.05) is 13.2 Å². The van der Waals surface area contributed by atoms with E-state index in [1.165, 1.54) is 0 Å². The molecular formula is C19H30O2Si2. The summed E-state index contributed by atoms with van der Waals surface area (Å²) in [4.78, 5) is 0. The van der Waals surface area contributed by atoms with Gasteiger partial charge >= 0.3 is 8.56 Å². The second-order valence-corrected chi connectivity index (χ2v) is 12.4. The largest absolute Gasteiger partial charge is 0.407 e. The molecule has 0 saturated heterocycles. The molecule has 2 aromatic rings. The van der Waals surface area contributed by atoms with E-state index in [0.29, 0.717) is 13.2 Å². The third kappa shape index (κ3) is 6.07. The van der Waals surface area contributed by atoms with Crippen LogP contribution in [0.2, 0.25) is 19.6 Å². The second kappa shape index (κ2) is 10.5. The topological polar surface area (TPSA) is 18.5 Å². The van der Waals surface area contributed by atoms with Crippen molar-refractivity contribution >= 4 is 27.7 Å². The maximum absolute atomic E-state index is 6.16. The molecule has 0 heterocycles. The van der Waals surface area contributed by atoms with Gasteiger partial charge in [-0.2, -0.15) is 0 Å². The number of hydrogen-bond donors (Lipinski definition) is 0. The van der Waals surface area contributed by atoms with Crippen LogP contribution in [-0.2, 0) is 8.85 Å². The first-order valence-electron chi connectivity index (χ1n) is 8.45. The third-order valence-corrected chi connectivity index (χ3v) is 6.58. The van der Waals surface area contributed by atoms with Gasteiger partial charge in [0.25, 0.3) is 0 Å². The summed E-state index contributed by atoms with van der Waals surface area (Å²) < 4.78 is 12.3. The first-order valence-corrected chi connectivity index (χ1v) is 13.7. The Morgan fingerprint density at radius 1 is 0.696 bits per heavy atom. The van der Waals surface area contributed by atoms with Crippen LogP contribution in [0.1, 0.15) is 13.8 Å². The zero-order valence-corrected chi connectivity index (χ0v) is 17.2. The van der Waals surface area contributed by atoms with E-state index in [4.69, 9.17) is 8.85 Å². The first kappa shape index (κ1) is 19.8. The number of rotatable bonds is 6. The van der Waals surface area contributed by atoms with Gasteiger partial charge in [-0.3, -0.25) is 0 Å². The summed E-state index contributed by atoms with van der Waals surface area (Å²) in [5.74, 6) is 0. The van der Waals surface area contributed by atoms with Crippen LogP contribution in [0.15, 0.2) is 60.7 Å². The van der Waals surface area contributed by atoms with Gasteiger partial charge < -0.3 is 8.85 Å². The van der Waals surface area contributed by atoms with E-state index in [2.05, 4.69) is 43.9 Å². The van der Waals surface area contributed by atoms with Gasteiger partial charge in [-0.15, -0.1) is 0 Å². The number of hydrogen-bond acceptors (Lipinski definition) is 2. The summed E-state index contributed by atoms with van der Waals surface area (Å²) >= 11 is 0. The van der Waals surface area contributed by atoms with E-state index in [0.717, 1.165) is 10.4 Å². The van der Waals surface area contributed by atoms with Crippen molar-refractivity contribution in [3.8, 4) is 0 Å². The lowest BCUT2D eigenvalue weighted by Gasteiger charge is -2.30. The van der Waals surface area contributed by atoms with Gasteiger partial charge in [-0.25, -0.2) is 0 Å². The van der Waals surface area contributed by atoms with E-state index in [9.17, 15) is 0 Å². The van der Waals surface area contributed by atoms with E-state index in [1.54, 1.807) is 0 Å². The van der Waals surface area contributed by atoms with Crippen LogP contribution in [0.3, 0.4) is 0 Å². The molecule has 0 N–H and O–H groups in total. The van der Waals surface area contributed by atoms with Gasteiger partial charge in [-0.05, 0) is 24.2 Å². The minimum absolute atomic E-state index is 0.139. The maximum Gasteiger partial charge on any atom is 0.407 e. The van der Waals surface area contributed by atoms with Gasteiger partial charge in [0.15, 0.2) is 0 Å². The fourth-order valence-corrected chi connectivity index (χ4v) is 5.42. The molecule has 2 aromatic carbocycles. The summed E-state index contributed by atoms with van der Waals surface area (Å²) in [6.45, 7) is 12.3. The summed E-state index contributed by atoms with van der Waals surface area (Å²) in [6, 6.07) is 20.6. The Labute approximate surface area is 144 Å². The molecule has 0 atom stereocenters. The van der Waals surface area contributed by atoms with E-state index >= 15 is 0 Å². The zero-order chi connectivity index (χ0) is 17.1. The van der Waals surface area contributed by atoms with E-state index in [-0.39, 0.29) is 8.80 Å². The molecule has 0 spiro atoms. The van der Waals surface area contributed by atoms with Gasteiger partial charge in [0.1, 0.15) is 0 Å². The van der Waals surface area contributed by atoms with Crippen LogP contribution in [0.5, 0.6) is 0 Å². The van der Waals surface area contributed by atoms with Crippen LogP contribution in [-0.4, -0.2) is 30.6 Å². The van der Waals surface area contributed by atoms with Crippen molar-refractivity contribution in [2.24, 2.45) is 0 Å². The average Bonchev–Trinajstić information content (AvgIpc) is 2.56. The third-order valence-electron chi connectivity index (χ3n) is 3.00. The predicted molar refractivity (Wildman–Crippen MR) is 106 cm³/mol. The molecule has 0 fully saturated rings. The van der Waals surface area contributed by atoms with E-state index < -0.39 is 8.56 Å². The Bertz CT molecular complexity index is 479. The Balaban J connectivity index is 0.000000593. The fraction of sp³-hybridized carbons (Fsp3) is 0.368.